The molecule has 1 N–H and O–H groups in total. The second-order valence-corrected chi connectivity index (χ2v) is 5.99. The Morgan fingerprint density at radius 2 is 2.00 bits per heavy atom. The van der Waals surface area contributed by atoms with E-state index in [1.807, 2.05) is 0 Å². The highest BCUT2D eigenvalue weighted by molar-refractivity contribution is 5.75. The molecule has 0 aromatic heterocycles. The highest BCUT2D eigenvalue weighted by Gasteiger charge is 2.53. The topological polar surface area (TPSA) is 76.1 Å². The molecule has 1 spiro atoms. The molecule has 0 aromatic carbocycles. The van der Waals surface area contributed by atoms with Gasteiger partial charge in [-0.25, -0.2) is 9.59 Å². The molecule has 1 amide bonds. The van der Waals surface area contributed by atoms with Crippen LogP contribution < -0.4 is 0 Å². The van der Waals surface area contributed by atoms with Gasteiger partial charge < -0.3 is 19.5 Å². The van der Waals surface area contributed by atoms with Crippen molar-refractivity contribution in [2.75, 3.05) is 13.1 Å². The highest BCUT2D eigenvalue weighted by atomic mass is 16.6. The summed E-state index contributed by atoms with van der Waals surface area (Å²) in [6.45, 7) is 5.82. The Balaban J connectivity index is 2.04. The Hall–Kier alpha value is -1.30. The summed E-state index contributed by atoms with van der Waals surface area (Å²) < 4.78 is 10.8. The van der Waals surface area contributed by atoms with E-state index in [2.05, 4.69) is 0 Å². The summed E-state index contributed by atoms with van der Waals surface area (Å²) in [4.78, 5) is 24.4. The Labute approximate surface area is 106 Å². The van der Waals surface area contributed by atoms with Crippen LogP contribution in [0.1, 0.15) is 33.6 Å². The van der Waals surface area contributed by atoms with E-state index < -0.39 is 29.4 Å². The number of rotatable bonds is 1. The molecule has 1 atom stereocenters. The second-order valence-electron chi connectivity index (χ2n) is 5.99. The molecule has 2 fully saturated rings. The van der Waals surface area contributed by atoms with Crippen LogP contribution in [-0.4, -0.2) is 52.5 Å². The van der Waals surface area contributed by atoms with E-state index in [4.69, 9.17) is 14.6 Å². The minimum atomic E-state index is -1.03. The van der Waals surface area contributed by atoms with Gasteiger partial charge in [-0.3, -0.25) is 0 Å². The van der Waals surface area contributed by atoms with E-state index >= 15 is 0 Å². The zero-order valence-electron chi connectivity index (χ0n) is 10.9. The van der Waals surface area contributed by atoms with Gasteiger partial charge in [0.15, 0.2) is 6.10 Å². The molecule has 1 heterocycles. The van der Waals surface area contributed by atoms with Crippen molar-refractivity contribution < 1.29 is 24.2 Å². The molecule has 0 bridgehead atoms. The lowest BCUT2D eigenvalue weighted by atomic mass is 10.2. The van der Waals surface area contributed by atoms with Crippen molar-refractivity contribution in [1.29, 1.82) is 0 Å². The molecular formula is C12H19NO5. The minimum Gasteiger partial charge on any atom is -0.479 e. The lowest BCUT2D eigenvalue weighted by molar-refractivity contribution is -0.166. The number of nitrogens with zero attached hydrogens (tertiary/aromatic N) is 1. The van der Waals surface area contributed by atoms with E-state index in [1.54, 1.807) is 20.8 Å². The molecule has 2 aliphatic rings. The second kappa shape index (κ2) is 4.12. The summed E-state index contributed by atoms with van der Waals surface area (Å²) in [6.07, 6.45) is 0.184. The number of carboxylic acid groups (broad SMARTS) is 1. The first-order valence-electron chi connectivity index (χ1n) is 6.09. The average molecular weight is 257 g/mol. The number of carbonyl (C=O) groups excluding carboxylic acids is 1. The van der Waals surface area contributed by atoms with Crippen LogP contribution in [-0.2, 0) is 14.3 Å². The van der Waals surface area contributed by atoms with Gasteiger partial charge in [-0.05, 0) is 33.6 Å². The van der Waals surface area contributed by atoms with Crippen molar-refractivity contribution in [3.8, 4) is 0 Å². The predicted molar refractivity (Wildman–Crippen MR) is 62.3 cm³/mol. The van der Waals surface area contributed by atoms with Crippen molar-refractivity contribution in [2.24, 2.45) is 0 Å². The van der Waals surface area contributed by atoms with Crippen molar-refractivity contribution in [3.63, 3.8) is 0 Å². The van der Waals surface area contributed by atoms with Gasteiger partial charge in [-0.15, -0.1) is 0 Å². The molecule has 102 valence electrons. The number of amides is 1. The first-order valence-corrected chi connectivity index (χ1v) is 6.09. The Morgan fingerprint density at radius 3 is 2.44 bits per heavy atom. The Kier molecular flexibility index (Phi) is 3.01. The molecule has 18 heavy (non-hydrogen) atoms. The number of hydrogen-bond donors (Lipinski definition) is 1. The summed E-state index contributed by atoms with van der Waals surface area (Å²) in [7, 11) is 0. The van der Waals surface area contributed by atoms with E-state index in [0.29, 0.717) is 6.54 Å². The predicted octanol–water partition coefficient (Wildman–Crippen LogP) is 1.24. The van der Waals surface area contributed by atoms with E-state index in [1.165, 1.54) is 4.90 Å². The maximum Gasteiger partial charge on any atom is 0.410 e. The highest BCUT2D eigenvalue weighted by Crippen LogP contribution is 2.43. The van der Waals surface area contributed by atoms with Gasteiger partial charge >= 0.3 is 12.1 Å². The molecule has 0 radical (unpaired) electrons. The fourth-order valence-corrected chi connectivity index (χ4v) is 2.00. The molecular weight excluding hydrogens is 238 g/mol. The number of morpholine rings is 1. The van der Waals surface area contributed by atoms with Gasteiger partial charge in [-0.1, -0.05) is 0 Å². The summed E-state index contributed by atoms with van der Waals surface area (Å²) in [5.41, 5.74) is -1.02. The molecule has 1 aliphatic heterocycles. The normalized spacial score (nSPS) is 25.9. The van der Waals surface area contributed by atoms with Crippen LogP contribution in [0.15, 0.2) is 0 Å². The van der Waals surface area contributed by atoms with Crippen LogP contribution in [0, 0.1) is 0 Å². The minimum absolute atomic E-state index is 0.0476. The van der Waals surface area contributed by atoms with Crippen molar-refractivity contribution >= 4 is 12.1 Å². The molecule has 0 aromatic rings. The van der Waals surface area contributed by atoms with Gasteiger partial charge in [0.25, 0.3) is 0 Å². The van der Waals surface area contributed by atoms with Gasteiger partial charge in [0.2, 0.25) is 0 Å². The van der Waals surface area contributed by atoms with Crippen molar-refractivity contribution in [1.82, 2.24) is 4.90 Å². The lowest BCUT2D eigenvalue weighted by Gasteiger charge is -2.37. The van der Waals surface area contributed by atoms with Gasteiger partial charge in [0, 0.05) is 0 Å². The summed E-state index contributed by atoms with van der Waals surface area (Å²) in [6, 6.07) is 0. The van der Waals surface area contributed by atoms with Gasteiger partial charge in [0.05, 0.1) is 18.7 Å². The maximum absolute atomic E-state index is 12.0. The standard InChI is InChI=1S/C12H19NO5/c1-11(2,3)18-10(16)13-6-8(9(14)15)17-12(7-13)4-5-12/h8H,4-7H2,1-3H3,(H,14,15)/t8-/m0/s1. The van der Waals surface area contributed by atoms with Crippen LogP contribution in [0.4, 0.5) is 4.79 Å². The van der Waals surface area contributed by atoms with Crippen molar-refractivity contribution in [3.05, 3.63) is 0 Å². The Bertz CT molecular complexity index is 369. The fourth-order valence-electron chi connectivity index (χ4n) is 2.00. The first-order chi connectivity index (χ1) is 8.21. The smallest absolute Gasteiger partial charge is 0.410 e. The molecule has 6 nitrogen and oxygen atoms in total. The van der Waals surface area contributed by atoms with Crippen molar-refractivity contribution in [2.45, 2.75) is 50.9 Å². The first kappa shape index (κ1) is 13.1. The third-order valence-electron chi connectivity index (χ3n) is 2.99. The maximum atomic E-state index is 12.0. The number of carbonyl (C=O) groups is 2. The number of ether oxygens (including phenoxy) is 2. The SMILES string of the molecule is CC(C)(C)OC(=O)N1C[C@@H](C(=O)O)OC2(CC2)C1. The van der Waals surface area contributed by atoms with Crippen LogP contribution >= 0.6 is 0 Å². The average Bonchev–Trinajstić information content (AvgIpc) is 2.94. The van der Waals surface area contributed by atoms with Crippen LogP contribution in [0.25, 0.3) is 0 Å². The van der Waals surface area contributed by atoms with Crippen LogP contribution in [0.5, 0.6) is 0 Å². The van der Waals surface area contributed by atoms with E-state index in [9.17, 15) is 9.59 Å². The molecule has 2 rings (SSSR count). The van der Waals surface area contributed by atoms with E-state index in [0.717, 1.165) is 12.8 Å². The number of carboxylic acids is 1. The largest absolute Gasteiger partial charge is 0.479 e. The number of aliphatic carboxylic acids is 1. The van der Waals surface area contributed by atoms with Gasteiger partial charge in [0.1, 0.15) is 5.60 Å². The van der Waals surface area contributed by atoms with Gasteiger partial charge in [-0.2, -0.15) is 0 Å². The lowest BCUT2D eigenvalue weighted by Crippen LogP contribution is -2.54. The molecule has 1 saturated heterocycles. The summed E-state index contributed by atoms with van der Waals surface area (Å²) in [5, 5.41) is 9.03. The fraction of sp³-hybridized carbons (Fsp3) is 0.833. The summed E-state index contributed by atoms with van der Waals surface area (Å²) >= 11 is 0. The molecule has 0 unspecified atom stereocenters. The Morgan fingerprint density at radius 1 is 1.39 bits per heavy atom. The third kappa shape index (κ3) is 2.93. The summed E-state index contributed by atoms with van der Waals surface area (Å²) in [5.74, 6) is -1.03. The molecule has 1 aliphatic carbocycles. The molecule has 6 heteroatoms. The third-order valence-corrected chi connectivity index (χ3v) is 2.99. The number of hydrogen-bond acceptors (Lipinski definition) is 4. The zero-order chi connectivity index (χ0) is 13.6. The quantitative estimate of drug-likeness (QED) is 0.764. The monoisotopic (exact) mass is 257 g/mol. The zero-order valence-corrected chi connectivity index (χ0v) is 10.9. The van der Waals surface area contributed by atoms with E-state index in [-0.39, 0.29) is 6.54 Å². The van der Waals surface area contributed by atoms with Crippen LogP contribution in [0.3, 0.4) is 0 Å². The van der Waals surface area contributed by atoms with Crippen LogP contribution in [0.2, 0.25) is 0 Å². The molecule has 1 saturated carbocycles.